The number of nitrogens with zero attached hydrogens (tertiary/aromatic N) is 3. The number of hydrogen-bond donors (Lipinski definition) is 1. The van der Waals surface area contributed by atoms with Crippen molar-refractivity contribution in [2.24, 2.45) is 0 Å². The lowest BCUT2D eigenvalue weighted by molar-refractivity contribution is -0.136. The van der Waals surface area contributed by atoms with Gasteiger partial charge in [0.15, 0.2) is 0 Å². The normalized spacial score (nSPS) is 10.8. The van der Waals surface area contributed by atoms with Gasteiger partial charge in [0.25, 0.3) is 5.56 Å². The lowest BCUT2D eigenvalue weighted by Crippen LogP contribution is -2.42. The summed E-state index contributed by atoms with van der Waals surface area (Å²) in [5.41, 5.74) is -0.203. The molecule has 0 spiro atoms. The highest BCUT2D eigenvalue weighted by Crippen LogP contribution is 2.09. The molecule has 1 N–H and O–H groups in total. The van der Waals surface area contributed by atoms with Gasteiger partial charge >= 0.3 is 0 Å². The van der Waals surface area contributed by atoms with Crippen LogP contribution in [0.1, 0.15) is 11.8 Å². The monoisotopic (exact) mass is 402 g/mol. The van der Waals surface area contributed by atoms with Crippen LogP contribution in [0, 0.1) is 5.82 Å². The third kappa shape index (κ3) is 4.61. The highest BCUT2D eigenvalue weighted by atomic mass is 32.1. The van der Waals surface area contributed by atoms with Crippen molar-refractivity contribution >= 4 is 34.1 Å². The third-order valence-corrected chi connectivity index (χ3v) is 5.08. The molecule has 0 radical (unpaired) electrons. The molecule has 2 heterocycles. The Morgan fingerprint density at radius 3 is 2.86 bits per heavy atom. The molecule has 3 aromatic rings. The second-order valence-electron chi connectivity index (χ2n) is 6.10. The van der Waals surface area contributed by atoms with Crippen molar-refractivity contribution in [1.82, 2.24) is 19.8 Å². The van der Waals surface area contributed by atoms with Gasteiger partial charge in [0.2, 0.25) is 11.8 Å². The highest BCUT2D eigenvalue weighted by Gasteiger charge is 2.17. The number of fused-ring (bicyclic) bond motifs is 1. The van der Waals surface area contributed by atoms with Gasteiger partial charge in [0.05, 0.1) is 30.3 Å². The molecule has 146 valence electrons. The van der Waals surface area contributed by atoms with E-state index in [1.54, 1.807) is 6.92 Å². The molecule has 0 aliphatic heterocycles. The Bertz CT molecular complexity index is 1050. The highest BCUT2D eigenvalue weighted by molar-refractivity contribution is 7.09. The van der Waals surface area contributed by atoms with Gasteiger partial charge in [0.1, 0.15) is 12.4 Å². The number of halogens is 1. The van der Waals surface area contributed by atoms with E-state index < -0.39 is 11.4 Å². The van der Waals surface area contributed by atoms with Crippen LogP contribution >= 0.6 is 11.3 Å². The molecule has 0 saturated carbocycles. The average molecular weight is 402 g/mol. The van der Waals surface area contributed by atoms with E-state index in [-0.39, 0.29) is 35.8 Å². The second-order valence-corrected chi connectivity index (χ2v) is 7.14. The second kappa shape index (κ2) is 8.75. The Labute approximate surface area is 164 Å². The van der Waals surface area contributed by atoms with E-state index in [1.807, 2.05) is 17.5 Å². The van der Waals surface area contributed by atoms with Crippen LogP contribution in [0.3, 0.4) is 0 Å². The van der Waals surface area contributed by atoms with E-state index in [1.165, 1.54) is 40.8 Å². The molecule has 7 nitrogen and oxygen atoms in total. The summed E-state index contributed by atoms with van der Waals surface area (Å²) in [4.78, 5) is 43.6. The summed E-state index contributed by atoms with van der Waals surface area (Å²) in [6.45, 7) is 2.15. The van der Waals surface area contributed by atoms with Crippen molar-refractivity contribution in [3.63, 3.8) is 0 Å². The molecule has 28 heavy (non-hydrogen) atoms. The quantitative estimate of drug-likeness (QED) is 0.653. The van der Waals surface area contributed by atoms with Gasteiger partial charge < -0.3 is 10.2 Å². The SMILES string of the molecule is CCN(CC(=O)NCc1cccs1)C(=O)Cn1cnc2cc(F)ccc2c1=O. The number of hydrogen-bond acceptors (Lipinski definition) is 5. The standard InChI is InChI=1S/C19H19FN4O3S/c1-2-23(10-17(25)21-9-14-4-3-7-28-14)18(26)11-24-12-22-16-8-13(20)5-6-15(16)19(24)27/h3-8,12H,2,9-11H2,1H3,(H,21,25). The molecular weight excluding hydrogens is 383 g/mol. The number of carbonyl (C=O) groups is 2. The number of amides is 2. The van der Waals surface area contributed by atoms with Gasteiger partial charge in [-0.15, -0.1) is 11.3 Å². The molecule has 0 aliphatic rings. The molecule has 0 saturated heterocycles. The van der Waals surface area contributed by atoms with Crippen LogP contribution in [-0.4, -0.2) is 39.4 Å². The Hall–Kier alpha value is -3.07. The number of carbonyl (C=O) groups excluding carboxylic acids is 2. The molecule has 3 rings (SSSR count). The third-order valence-electron chi connectivity index (χ3n) is 4.20. The van der Waals surface area contributed by atoms with Crippen LogP contribution in [-0.2, 0) is 22.7 Å². The molecule has 0 atom stereocenters. The van der Waals surface area contributed by atoms with E-state index in [4.69, 9.17) is 0 Å². The van der Waals surface area contributed by atoms with Crippen LogP contribution in [0.2, 0.25) is 0 Å². The minimum absolute atomic E-state index is 0.0956. The Morgan fingerprint density at radius 1 is 1.32 bits per heavy atom. The lowest BCUT2D eigenvalue weighted by Gasteiger charge is -2.20. The van der Waals surface area contributed by atoms with Crippen molar-refractivity contribution in [2.45, 2.75) is 20.0 Å². The molecule has 0 aliphatic carbocycles. The molecule has 0 unspecified atom stereocenters. The lowest BCUT2D eigenvalue weighted by atomic mass is 10.2. The molecule has 0 fully saturated rings. The number of aromatic nitrogens is 2. The van der Waals surface area contributed by atoms with Gasteiger partial charge in [-0.25, -0.2) is 9.37 Å². The van der Waals surface area contributed by atoms with Crippen LogP contribution in [0.4, 0.5) is 4.39 Å². The van der Waals surface area contributed by atoms with Gasteiger partial charge in [-0.05, 0) is 30.5 Å². The zero-order valence-electron chi connectivity index (χ0n) is 15.2. The summed E-state index contributed by atoms with van der Waals surface area (Å²) in [6, 6.07) is 7.50. The fourth-order valence-electron chi connectivity index (χ4n) is 2.69. The van der Waals surface area contributed by atoms with E-state index >= 15 is 0 Å². The van der Waals surface area contributed by atoms with E-state index in [0.717, 1.165) is 9.44 Å². The van der Waals surface area contributed by atoms with Gasteiger partial charge in [0, 0.05) is 17.5 Å². The predicted octanol–water partition coefficient (Wildman–Crippen LogP) is 1.76. The number of nitrogens with one attached hydrogen (secondary N) is 1. The fourth-order valence-corrected chi connectivity index (χ4v) is 3.34. The van der Waals surface area contributed by atoms with Crippen molar-refractivity contribution in [2.75, 3.05) is 13.1 Å². The minimum Gasteiger partial charge on any atom is -0.350 e. The van der Waals surface area contributed by atoms with Crippen LogP contribution in [0.5, 0.6) is 0 Å². The average Bonchev–Trinajstić information content (AvgIpc) is 3.20. The minimum atomic E-state index is -0.487. The van der Waals surface area contributed by atoms with Crippen molar-refractivity contribution in [3.05, 3.63) is 63.1 Å². The number of likely N-dealkylation sites (N-methyl/N-ethyl adjacent to an activating group) is 1. The summed E-state index contributed by atoms with van der Waals surface area (Å²) in [5, 5.41) is 4.92. The maximum Gasteiger partial charge on any atom is 0.261 e. The molecule has 0 bridgehead atoms. The first-order valence-electron chi connectivity index (χ1n) is 8.69. The molecule has 1 aromatic carbocycles. The topological polar surface area (TPSA) is 84.3 Å². The first-order chi connectivity index (χ1) is 13.5. The largest absolute Gasteiger partial charge is 0.350 e. The first kappa shape index (κ1) is 19.7. The van der Waals surface area contributed by atoms with Crippen molar-refractivity contribution in [3.8, 4) is 0 Å². The maximum absolute atomic E-state index is 13.3. The van der Waals surface area contributed by atoms with Gasteiger partial charge in [-0.2, -0.15) is 0 Å². The van der Waals surface area contributed by atoms with Gasteiger partial charge in [-0.3, -0.25) is 19.0 Å². The fraction of sp³-hybridized carbons (Fsp3) is 0.263. The Kier molecular flexibility index (Phi) is 6.15. The van der Waals surface area contributed by atoms with E-state index in [0.29, 0.717) is 13.1 Å². The van der Waals surface area contributed by atoms with Crippen molar-refractivity contribution < 1.29 is 14.0 Å². The molecule has 2 aromatic heterocycles. The van der Waals surface area contributed by atoms with Crippen LogP contribution in [0.25, 0.3) is 10.9 Å². The van der Waals surface area contributed by atoms with Crippen LogP contribution < -0.4 is 10.9 Å². The first-order valence-corrected chi connectivity index (χ1v) is 9.57. The Morgan fingerprint density at radius 2 is 2.14 bits per heavy atom. The number of benzene rings is 1. The predicted molar refractivity (Wildman–Crippen MR) is 104 cm³/mol. The van der Waals surface area contributed by atoms with Crippen molar-refractivity contribution in [1.29, 1.82) is 0 Å². The number of rotatable bonds is 7. The summed E-state index contributed by atoms with van der Waals surface area (Å²) in [6.07, 6.45) is 1.21. The summed E-state index contributed by atoms with van der Waals surface area (Å²) >= 11 is 1.54. The van der Waals surface area contributed by atoms with E-state index in [9.17, 15) is 18.8 Å². The molecule has 9 heteroatoms. The zero-order valence-corrected chi connectivity index (χ0v) is 16.0. The van der Waals surface area contributed by atoms with Crippen LogP contribution in [0.15, 0.2) is 46.8 Å². The summed E-state index contributed by atoms with van der Waals surface area (Å²) < 4.78 is 14.4. The maximum atomic E-state index is 13.3. The summed E-state index contributed by atoms with van der Waals surface area (Å²) in [5.74, 6) is -1.14. The number of thiophene rings is 1. The molecular formula is C19H19FN4O3S. The summed E-state index contributed by atoms with van der Waals surface area (Å²) in [7, 11) is 0. The molecule has 2 amide bonds. The Balaban J connectivity index is 1.65. The zero-order chi connectivity index (χ0) is 20.1. The van der Waals surface area contributed by atoms with E-state index in [2.05, 4.69) is 10.3 Å². The van der Waals surface area contributed by atoms with Gasteiger partial charge in [-0.1, -0.05) is 6.07 Å². The smallest absolute Gasteiger partial charge is 0.261 e.